The summed E-state index contributed by atoms with van der Waals surface area (Å²) in [7, 11) is 0. The molecule has 0 aliphatic carbocycles. The van der Waals surface area contributed by atoms with Crippen LogP contribution in [0.3, 0.4) is 0 Å². The van der Waals surface area contributed by atoms with Crippen LogP contribution in [0.15, 0.2) is 65.8 Å². The summed E-state index contributed by atoms with van der Waals surface area (Å²) in [6, 6.07) is 15.8. The molecule has 0 bridgehead atoms. The average molecular weight is 279 g/mol. The maximum Gasteiger partial charge on any atom is 0.0897 e. The van der Waals surface area contributed by atoms with E-state index in [2.05, 4.69) is 27.3 Å². The van der Waals surface area contributed by atoms with E-state index >= 15 is 0 Å². The Balaban J connectivity index is 2.03. The number of hydrogen-bond donors (Lipinski definition) is 0. The van der Waals surface area contributed by atoms with E-state index in [9.17, 15) is 0 Å². The first-order valence-electron chi connectivity index (χ1n) is 6.26. The lowest BCUT2D eigenvalue weighted by molar-refractivity contribution is 1.20. The van der Waals surface area contributed by atoms with Crippen molar-refractivity contribution in [1.29, 1.82) is 0 Å². The summed E-state index contributed by atoms with van der Waals surface area (Å²) in [6.07, 6.45) is 5.64. The Hall–Kier alpha value is -2.20. The summed E-state index contributed by atoms with van der Waals surface area (Å²) in [5.74, 6) is 0. The fourth-order valence-electron chi connectivity index (χ4n) is 1.91. The second-order valence-electron chi connectivity index (χ2n) is 4.20. The van der Waals surface area contributed by atoms with E-state index in [4.69, 9.17) is 0 Å². The minimum Gasteiger partial charge on any atom is -0.255 e. The molecule has 0 atom stereocenters. The Bertz CT molecular complexity index is 714. The molecule has 3 heterocycles. The Morgan fingerprint density at radius 3 is 2.25 bits per heavy atom. The van der Waals surface area contributed by atoms with Crippen molar-refractivity contribution in [2.24, 2.45) is 0 Å². The van der Waals surface area contributed by atoms with Gasteiger partial charge in [0.25, 0.3) is 0 Å². The number of rotatable bonds is 3. The van der Waals surface area contributed by atoms with Gasteiger partial charge in [0.05, 0.1) is 22.8 Å². The summed E-state index contributed by atoms with van der Waals surface area (Å²) in [5, 5.41) is 0. The summed E-state index contributed by atoms with van der Waals surface area (Å²) in [6.45, 7) is 0. The van der Waals surface area contributed by atoms with Crippen LogP contribution in [0, 0.1) is 0 Å². The molecule has 3 aromatic heterocycles. The molecule has 0 radical (unpaired) electrons. The van der Waals surface area contributed by atoms with Crippen LogP contribution in [0.25, 0.3) is 22.8 Å². The van der Waals surface area contributed by atoms with Crippen molar-refractivity contribution < 1.29 is 0 Å². The predicted molar refractivity (Wildman–Crippen MR) is 82.5 cm³/mol. The smallest absolute Gasteiger partial charge is 0.0897 e. The highest BCUT2D eigenvalue weighted by molar-refractivity contribution is 7.98. The fourth-order valence-corrected chi connectivity index (χ4v) is 2.34. The lowest BCUT2D eigenvalue weighted by atomic mass is 10.2. The molecule has 20 heavy (non-hydrogen) atoms. The van der Waals surface area contributed by atoms with Gasteiger partial charge in [-0.1, -0.05) is 12.1 Å². The molecule has 0 fully saturated rings. The fraction of sp³-hybridized carbons (Fsp3) is 0.0625. The summed E-state index contributed by atoms with van der Waals surface area (Å²) >= 11 is 1.70. The minimum absolute atomic E-state index is 0.861. The molecule has 0 aromatic carbocycles. The van der Waals surface area contributed by atoms with E-state index in [0.717, 1.165) is 22.8 Å². The van der Waals surface area contributed by atoms with Crippen molar-refractivity contribution in [1.82, 2.24) is 15.0 Å². The van der Waals surface area contributed by atoms with Gasteiger partial charge in [0.1, 0.15) is 0 Å². The summed E-state index contributed by atoms with van der Waals surface area (Å²) in [5.41, 5.74) is 3.48. The zero-order chi connectivity index (χ0) is 13.8. The first-order valence-corrected chi connectivity index (χ1v) is 7.48. The molecule has 0 spiro atoms. The second-order valence-corrected chi connectivity index (χ2v) is 5.08. The normalized spacial score (nSPS) is 10.4. The average Bonchev–Trinajstić information content (AvgIpc) is 2.56. The lowest BCUT2D eigenvalue weighted by Gasteiger charge is -2.05. The second kappa shape index (κ2) is 5.84. The van der Waals surface area contributed by atoms with Gasteiger partial charge in [0.15, 0.2) is 0 Å². The van der Waals surface area contributed by atoms with E-state index in [1.165, 1.54) is 4.90 Å². The molecule has 98 valence electrons. The van der Waals surface area contributed by atoms with Gasteiger partial charge in [-0.3, -0.25) is 9.97 Å². The van der Waals surface area contributed by atoms with Crippen LogP contribution in [0.1, 0.15) is 0 Å². The standard InChI is InChI=1S/C16H13N3S/c1-20-12-8-10-18-16(11-12)15-7-4-6-14(19-15)13-5-2-3-9-17-13/h2-11H,1H3. The van der Waals surface area contributed by atoms with Crippen LogP contribution < -0.4 is 0 Å². The molecule has 4 heteroatoms. The third kappa shape index (κ3) is 2.70. The Kier molecular flexibility index (Phi) is 3.74. The molecule has 0 N–H and O–H groups in total. The number of nitrogens with zero attached hydrogens (tertiary/aromatic N) is 3. The van der Waals surface area contributed by atoms with Crippen LogP contribution in [0.4, 0.5) is 0 Å². The molecule has 0 saturated carbocycles. The van der Waals surface area contributed by atoms with Crippen molar-refractivity contribution in [3.63, 3.8) is 0 Å². The van der Waals surface area contributed by atoms with Gasteiger partial charge < -0.3 is 0 Å². The van der Waals surface area contributed by atoms with E-state index < -0.39 is 0 Å². The van der Waals surface area contributed by atoms with Crippen LogP contribution in [-0.2, 0) is 0 Å². The first-order chi connectivity index (χ1) is 9.86. The zero-order valence-electron chi connectivity index (χ0n) is 11.0. The molecular weight excluding hydrogens is 266 g/mol. The van der Waals surface area contributed by atoms with E-state index in [1.54, 1.807) is 18.0 Å². The number of aromatic nitrogens is 3. The van der Waals surface area contributed by atoms with Gasteiger partial charge in [-0.05, 0) is 42.7 Å². The largest absolute Gasteiger partial charge is 0.255 e. The summed E-state index contributed by atoms with van der Waals surface area (Å²) in [4.78, 5) is 14.6. The van der Waals surface area contributed by atoms with Crippen molar-refractivity contribution >= 4 is 11.8 Å². The van der Waals surface area contributed by atoms with Crippen molar-refractivity contribution in [2.75, 3.05) is 6.26 Å². The SMILES string of the molecule is CSc1ccnc(-c2cccc(-c3ccccn3)n2)c1. The molecular formula is C16H13N3S. The van der Waals surface area contributed by atoms with Crippen LogP contribution in [0.2, 0.25) is 0 Å². The molecule has 0 aliphatic rings. The van der Waals surface area contributed by atoms with Gasteiger partial charge in [-0.15, -0.1) is 11.8 Å². The molecule has 0 unspecified atom stereocenters. The Morgan fingerprint density at radius 1 is 0.750 bits per heavy atom. The first kappa shape index (κ1) is 12.8. The topological polar surface area (TPSA) is 38.7 Å². The molecule has 0 saturated heterocycles. The van der Waals surface area contributed by atoms with Gasteiger partial charge in [0, 0.05) is 17.3 Å². The maximum atomic E-state index is 4.65. The monoisotopic (exact) mass is 279 g/mol. The van der Waals surface area contributed by atoms with Crippen molar-refractivity contribution in [2.45, 2.75) is 4.90 Å². The van der Waals surface area contributed by atoms with Crippen molar-refractivity contribution in [3.05, 3.63) is 60.9 Å². The third-order valence-electron chi connectivity index (χ3n) is 2.91. The molecule has 3 aromatic rings. The van der Waals surface area contributed by atoms with E-state index in [0.29, 0.717) is 0 Å². The molecule has 0 amide bonds. The van der Waals surface area contributed by atoms with Gasteiger partial charge in [-0.2, -0.15) is 0 Å². The molecule has 3 rings (SSSR count). The predicted octanol–water partition coefficient (Wildman–Crippen LogP) is 3.93. The minimum atomic E-state index is 0.861. The quantitative estimate of drug-likeness (QED) is 0.681. The lowest BCUT2D eigenvalue weighted by Crippen LogP contribution is -1.91. The zero-order valence-corrected chi connectivity index (χ0v) is 11.8. The third-order valence-corrected chi connectivity index (χ3v) is 3.63. The van der Waals surface area contributed by atoms with Gasteiger partial charge in [-0.25, -0.2) is 4.98 Å². The van der Waals surface area contributed by atoms with E-state index in [-0.39, 0.29) is 0 Å². The van der Waals surface area contributed by atoms with E-state index in [1.807, 2.05) is 48.7 Å². The van der Waals surface area contributed by atoms with Crippen LogP contribution in [-0.4, -0.2) is 21.2 Å². The Labute approximate surface area is 122 Å². The van der Waals surface area contributed by atoms with Gasteiger partial charge in [0.2, 0.25) is 0 Å². The molecule has 3 nitrogen and oxygen atoms in total. The number of thioether (sulfide) groups is 1. The Morgan fingerprint density at radius 2 is 1.50 bits per heavy atom. The summed E-state index contributed by atoms with van der Waals surface area (Å²) < 4.78 is 0. The highest BCUT2D eigenvalue weighted by atomic mass is 32.2. The van der Waals surface area contributed by atoms with Crippen LogP contribution >= 0.6 is 11.8 Å². The molecule has 0 aliphatic heterocycles. The highest BCUT2D eigenvalue weighted by Crippen LogP contribution is 2.23. The van der Waals surface area contributed by atoms with Gasteiger partial charge >= 0.3 is 0 Å². The maximum absolute atomic E-state index is 4.65. The van der Waals surface area contributed by atoms with Crippen molar-refractivity contribution in [3.8, 4) is 22.8 Å². The van der Waals surface area contributed by atoms with Crippen LogP contribution in [0.5, 0.6) is 0 Å². The highest BCUT2D eigenvalue weighted by Gasteiger charge is 2.05. The number of pyridine rings is 3. The number of hydrogen-bond acceptors (Lipinski definition) is 4.